The SMILES string of the molecule is CS(=O)(=O)CC(=O)NCc1ccc(C(N)=O)c(F)c1F. The van der Waals surface area contributed by atoms with Crippen molar-refractivity contribution in [2.75, 3.05) is 12.0 Å². The molecule has 0 spiro atoms. The minimum Gasteiger partial charge on any atom is -0.366 e. The van der Waals surface area contributed by atoms with E-state index in [2.05, 4.69) is 5.32 Å². The number of carbonyl (C=O) groups excluding carboxylic acids is 2. The highest BCUT2D eigenvalue weighted by molar-refractivity contribution is 7.91. The van der Waals surface area contributed by atoms with Crippen LogP contribution in [-0.4, -0.2) is 32.2 Å². The van der Waals surface area contributed by atoms with Crippen molar-refractivity contribution >= 4 is 21.7 Å². The molecule has 9 heteroatoms. The van der Waals surface area contributed by atoms with Gasteiger partial charge in [-0.1, -0.05) is 6.07 Å². The molecule has 0 aliphatic heterocycles. The van der Waals surface area contributed by atoms with E-state index in [-0.39, 0.29) is 5.56 Å². The van der Waals surface area contributed by atoms with Crippen molar-refractivity contribution < 1.29 is 26.8 Å². The van der Waals surface area contributed by atoms with Crippen LogP contribution >= 0.6 is 0 Å². The quantitative estimate of drug-likeness (QED) is 0.780. The van der Waals surface area contributed by atoms with Gasteiger partial charge in [0.1, 0.15) is 5.75 Å². The Morgan fingerprint density at radius 1 is 1.25 bits per heavy atom. The molecule has 0 aliphatic carbocycles. The first-order chi connectivity index (χ1) is 9.11. The smallest absolute Gasteiger partial charge is 0.251 e. The third kappa shape index (κ3) is 4.26. The van der Waals surface area contributed by atoms with E-state index in [0.717, 1.165) is 18.4 Å². The highest BCUT2D eigenvalue weighted by atomic mass is 32.2. The minimum atomic E-state index is -3.51. The van der Waals surface area contributed by atoms with Crippen molar-refractivity contribution in [3.05, 3.63) is 34.9 Å². The van der Waals surface area contributed by atoms with Gasteiger partial charge in [0.05, 0.1) is 5.56 Å². The number of primary amides is 1. The molecule has 110 valence electrons. The number of hydrogen-bond acceptors (Lipinski definition) is 4. The van der Waals surface area contributed by atoms with Gasteiger partial charge in [-0.3, -0.25) is 9.59 Å². The summed E-state index contributed by atoms with van der Waals surface area (Å²) in [6, 6.07) is 2.07. The molecule has 0 heterocycles. The molecule has 3 N–H and O–H groups in total. The van der Waals surface area contributed by atoms with Crippen LogP contribution < -0.4 is 11.1 Å². The van der Waals surface area contributed by atoms with Gasteiger partial charge in [0, 0.05) is 18.4 Å². The molecule has 6 nitrogen and oxygen atoms in total. The molecule has 0 unspecified atom stereocenters. The Morgan fingerprint density at radius 2 is 1.85 bits per heavy atom. The maximum Gasteiger partial charge on any atom is 0.251 e. The fourth-order valence-electron chi connectivity index (χ4n) is 1.40. The van der Waals surface area contributed by atoms with Crippen LogP contribution in [0, 0.1) is 11.6 Å². The Bertz CT molecular complexity index is 659. The average Bonchev–Trinajstić information content (AvgIpc) is 2.28. The maximum atomic E-state index is 13.6. The summed E-state index contributed by atoms with van der Waals surface area (Å²) in [5.74, 6) is -5.44. The molecule has 1 rings (SSSR count). The van der Waals surface area contributed by atoms with Gasteiger partial charge in [-0.15, -0.1) is 0 Å². The van der Waals surface area contributed by atoms with E-state index >= 15 is 0 Å². The van der Waals surface area contributed by atoms with Crippen molar-refractivity contribution in [3.8, 4) is 0 Å². The minimum absolute atomic E-state index is 0.227. The molecular weight excluding hydrogens is 294 g/mol. The fourth-order valence-corrected chi connectivity index (χ4v) is 1.98. The van der Waals surface area contributed by atoms with Gasteiger partial charge < -0.3 is 11.1 Å². The number of rotatable bonds is 5. The summed E-state index contributed by atoms with van der Waals surface area (Å²) in [6.45, 7) is -0.407. The summed E-state index contributed by atoms with van der Waals surface area (Å²) < 4.78 is 48.7. The summed E-state index contributed by atoms with van der Waals surface area (Å²) >= 11 is 0. The number of amides is 2. The first-order valence-electron chi connectivity index (χ1n) is 5.33. The fraction of sp³-hybridized carbons (Fsp3) is 0.273. The number of carbonyl (C=O) groups is 2. The van der Waals surface area contributed by atoms with E-state index in [1.165, 1.54) is 0 Å². The van der Waals surface area contributed by atoms with Gasteiger partial charge >= 0.3 is 0 Å². The highest BCUT2D eigenvalue weighted by Crippen LogP contribution is 2.16. The molecule has 0 bridgehead atoms. The molecule has 0 saturated carbocycles. The molecule has 1 aromatic carbocycles. The second-order valence-corrected chi connectivity index (χ2v) is 6.25. The molecule has 1 aromatic rings. The van der Waals surface area contributed by atoms with Gasteiger partial charge in [-0.25, -0.2) is 17.2 Å². The van der Waals surface area contributed by atoms with Crippen LogP contribution in [0.3, 0.4) is 0 Å². The van der Waals surface area contributed by atoms with Crippen molar-refractivity contribution in [1.29, 1.82) is 0 Å². The lowest BCUT2D eigenvalue weighted by atomic mass is 10.1. The molecule has 0 radical (unpaired) electrons. The molecule has 0 atom stereocenters. The number of hydrogen-bond donors (Lipinski definition) is 2. The van der Waals surface area contributed by atoms with E-state index in [9.17, 15) is 26.8 Å². The Kier molecular flexibility index (Phi) is 4.77. The molecular formula is C11H12F2N2O4S. The summed E-state index contributed by atoms with van der Waals surface area (Å²) in [4.78, 5) is 22.0. The zero-order valence-corrected chi connectivity index (χ0v) is 11.3. The van der Waals surface area contributed by atoms with Crippen molar-refractivity contribution in [1.82, 2.24) is 5.32 Å². The first kappa shape index (κ1) is 16.0. The molecule has 0 saturated heterocycles. The second kappa shape index (κ2) is 5.95. The first-order valence-corrected chi connectivity index (χ1v) is 7.39. The van der Waals surface area contributed by atoms with Crippen molar-refractivity contribution in [2.24, 2.45) is 5.73 Å². The van der Waals surface area contributed by atoms with Crippen molar-refractivity contribution in [3.63, 3.8) is 0 Å². The van der Waals surface area contributed by atoms with E-state index in [4.69, 9.17) is 5.73 Å². The molecule has 0 aromatic heterocycles. The van der Waals surface area contributed by atoms with E-state index in [1.807, 2.05) is 0 Å². The van der Waals surface area contributed by atoms with Gasteiger partial charge in [-0.05, 0) is 6.07 Å². The lowest BCUT2D eigenvalue weighted by molar-refractivity contribution is -0.118. The largest absolute Gasteiger partial charge is 0.366 e. The van der Waals surface area contributed by atoms with E-state index in [0.29, 0.717) is 0 Å². The lowest BCUT2D eigenvalue weighted by Crippen LogP contribution is -2.30. The van der Waals surface area contributed by atoms with Crippen LogP contribution in [0.5, 0.6) is 0 Å². The molecule has 2 amide bonds. The van der Waals surface area contributed by atoms with Gasteiger partial charge in [0.2, 0.25) is 5.91 Å². The van der Waals surface area contributed by atoms with Gasteiger partial charge in [0.25, 0.3) is 5.91 Å². The topological polar surface area (TPSA) is 106 Å². The Hall–Kier alpha value is -2.03. The predicted molar refractivity (Wildman–Crippen MR) is 66.4 cm³/mol. The predicted octanol–water partition coefficient (Wildman–Crippen LogP) is -0.276. The van der Waals surface area contributed by atoms with Gasteiger partial charge in [-0.2, -0.15) is 0 Å². The number of benzene rings is 1. The molecule has 20 heavy (non-hydrogen) atoms. The van der Waals surface area contributed by atoms with Crippen molar-refractivity contribution in [2.45, 2.75) is 6.54 Å². The van der Waals surface area contributed by atoms with Crippen LogP contribution in [0.2, 0.25) is 0 Å². The summed E-state index contributed by atoms with van der Waals surface area (Å²) in [5.41, 5.74) is 4.01. The zero-order chi connectivity index (χ0) is 15.5. The number of halogens is 2. The third-order valence-electron chi connectivity index (χ3n) is 2.30. The average molecular weight is 306 g/mol. The highest BCUT2D eigenvalue weighted by Gasteiger charge is 2.17. The zero-order valence-electron chi connectivity index (χ0n) is 10.4. The normalized spacial score (nSPS) is 11.2. The molecule has 0 aliphatic rings. The van der Waals surface area contributed by atoms with Crippen LogP contribution in [0.15, 0.2) is 12.1 Å². The van der Waals surface area contributed by atoms with Crippen LogP contribution in [0.25, 0.3) is 0 Å². The number of sulfone groups is 1. The van der Waals surface area contributed by atoms with E-state index in [1.54, 1.807) is 0 Å². The van der Waals surface area contributed by atoms with Crippen LogP contribution in [-0.2, 0) is 21.2 Å². The number of nitrogens with two attached hydrogens (primary N) is 1. The van der Waals surface area contributed by atoms with E-state index < -0.39 is 51.1 Å². The Labute approximate surface area is 113 Å². The summed E-state index contributed by atoms with van der Waals surface area (Å²) in [7, 11) is -3.51. The maximum absolute atomic E-state index is 13.6. The second-order valence-electron chi connectivity index (χ2n) is 4.11. The summed E-state index contributed by atoms with van der Waals surface area (Å²) in [6.07, 6.45) is 0.870. The Balaban J connectivity index is 2.83. The third-order valence-corrected chi connectivity index (χ3v) is 3.08. The van der Waals surface area contributed by atoms with Crippen LogP contribution in [0.1, 0.15) is 15.9 Å². The standard InChI is InChI=1S/C11H12F2N2O4S/c1-20(18,19)5-8(16)15-4-6-2-3-7(11(14)17)10(13)9(6)12/h2-3H,4-5H2,1H3,(H2,14,17)(H,15,16). The molecule has 0 fully saturated rings. The monoisotopic (exact) mass is 306 g/mol. The summed E-state index contributed by atoms with van der Waals surface area (Å²) in [5, 5.41) is 2.13. The Morgan fingerprint density at radius 3 is 2.35 bits per heavy atom. The number of nitrogens with one attached hydrogen (secondary N) is 1. The van der Waals surface area contributed by atoms with Crippen LogP contribution in [0.4, 0.5) is 8.78 Å². The van der Waals surface area contributed by atoms with Gasteiger partial charge in [0.15, 0.2) is 21.5 Å². The lowest BCUT2D eigenvalue weighted by Gasteiger charge is -2.08.